The van der Waals surface area contributed by atoms with Crippen LogP contribution in [0.25, 0.3) is 0 Å². The lowest BCUT2D eigenvalue weighted by Crippen LogP contribution is -2.49. The number of rotatable bonds is 3. The number of morpholine rings is 1. The lowest BCUT2D eigenvalue weighted by Gasteiger charge is -2.39. The summed E-state index contributed by atoms with van der Waals surface area (Å²) in [6, 6.07) is 4.53. The number of benzene rings is 1. The number of ether oxygens (including phenoxy) is 1. The number of nitrogens with zero attached hydrogens (tertiary/aromatic N) is 2. The topological polar surface area (TPSA) is 102 Å². The highest BCUT2D eigenvalue weighted by molar-refractivity contribution is 5.71. The molecule has 1 fully saturated rings. The molecule has 104 valence electrons. The van der Waals surface area contributed by atoms with Gasteiger partial charge >= 0.3 is 0 Å². The quantitative estimate of drug-likeness (QED) is 0.476. The number of non-ortho nitro benzene ring substituents is 1. The van der Waals surface area contributed by atoms with E-state index in [4.69, 9.17) is 15.6 Å². The van der Waals surface area contributed by atoms with Gasteiger partial charge in [0.1, 0.15) is 0 Å². The number of nitro groups is 1. The van der Waals surface area contributed by atoms with Gasteiger partial charge in [0.15, 0.2) is 0 Å². The number of anilines is 2. The molecule has 0 aliphatic carbocycles. The molecule has 1 aromatic carbocycles. The Hall–Kier alpha value is -1.86. The van der Waals surface area contributed by atoms with Crippen LogP contribution in [0.1, 0.15) is 6.92 Å². The van der Waals surface area contributed by atoms with Crippen LogP contribution in [0.3, 0.4) is 0 Å². The van der Waals surface area contributed by atoms with Gasteiger partial charge in [-0.05, 0) is 13.0 Å². The number of aliphatic hydroxyl groups is 1. The Morgan fingerprint density at radius 2 is 2.37 bits per heavy atom. The fourth-order valence-corrected chi connectivity index (χ4v) is 2.18. The molecule has 0 bridgehead atoms. The lowest BCUT2D eigenvalue weighted by atomic mass is 10.1. The monoisotopic (exact) mass is 267 g/mol. The minimum absolute atomic E-state index is 0.0270. The van der Waals surface area contributed by atoms with Crippen molar-refractivity contribution < 1.29 is 14.8 Å². The molecule has 2 unspecified atom stereocenters. The first-order valence-corrected chi connectivity index (χ1v) is 6.06. The van der Waals surface area contributed by atoms with E-state index in [2.05, 4.69) is 0 Å². The van der Waals surface area contributed by atoms with Crippen LogP contribution in [0.4, 0.5) is 17.1 Å². The van der Waals surface area contributed by atoms with Crippen LogP contribution < -0.4 is 10.6 Å². The van der Waals surface area contributed by atoms with E-state index >= 15 is 0 Å². The summed E-state index contributed by atoms with van der Waals surface area (Å²) in [5.74, 6) is 0. The van der Waals surface area contributed by atoms with Crippen molar-refractivity contribution in [2.24, 2.45) is 0 Å². The van der Waals surface area contributed by atoms with E-state index in [1.165, 1.54) is 12.1 Å². The van der Waals surface area contributed by atoms with Gasteiger partial charge in [0.2, 0.25) is 0 Å². The van der Waals surface area contributed by atoms with E-state index in [0.717, 1.165) is 5.69 Å². The molecule has 7 nitrogen and oxygen atoms in total. The van der Waals surface area contributed by atoms with Crippen LogP contribution >= 0.6 is 0 Å². The van der Waals surface area contributed by atoms with Gasteiger partial charge in [-0.25, -0.2) is 0 Å². The largest absolute Gasteiger partial charge is 0.397 e. The van der Waals surface area contributed by atoms with Crippen LogP contribution in [0.15, 0.2) is 18.2 Å². The SMILES string of the molecule is CC1COC(CO)CN1c1ccc([N+](=O)[O-])cc1N. The van der Waals surface area contributed by atoms with Gasteiger partial charge in [0, 0.05) is 24.7 Å². The van der Waals surface area contributed by atoms with Crippen LogP contribution in [-0.2, 0) is 4.74 Å². The number of nitrogen functional groups attached to an aromatic ring is 1. The Labute approximate surface area is 110 Å². The van der Waals surface area contributed by atoms with Crippen molar-refractivity contribution in [1.29, 1.82) is 0 Å². The van der Waals surface area contributed by atoms with Crippen molar-refractivity contribution in [1.82, 2.24) is 0 Å². The van der Waals surface area contributed by atoms with Gasteiger partial charge in [-0.15, -0.1) is 0 Å². The minimum atomic E-state index is -0.473. The molecule has 3 N–H and O–H groups in total. The Kier molecular flexibility index (Phi) is 3.87. The molecule has 7 heteroatoms. The highest BCUT2D eigenvalue weighted by Gasteiger charge is 2.27. The van der Waals surface area contributed by atoms with Gasteiger partial charge in [-0.1, -0.05) is 0 Å². The Balaban J connectivity index is 2.27. The van der Waals surface area contributed by atoms with Crippen molar-refractivity contribution >= 4 is 17.1 Å². The van der Waals surface area contributed by atoms with Crippen molar-refractivity contribution in [3.05, 3.63) is 28.3 Å². The summed E-state index contributed by atoms with van der Waals surface area (Å²) in [6.45, 7) is 2.92. The van der Waals surface area contributed by atoms with E-state index in [-0.39, 0.29) is 24.4 Å². The smallest absolute Gasteiger partial charge is 0.271 e. The molecule has 1 saturated heterocycles. The molecule has 1 heterocycles. The first kappa shape index (κ1) is 13.6. The molecule has 2 rings (SSSR count). The molecular weight excluding hydrogens is 250 g/mol. The van der Waals surface area contributed by atoms with Crippen LogP contribution in [0.2, 0.25) is 0 Å². The summed E-state index contributed by atoms with van der Waals surface area (Å²) >= 11 is 0. The fourth-order valence-electron chi connectivity index (χ4n) is 2.18. The fraction of sp³-hybridized carbons (Fsp3) is 0.500. The molecular formula is C12H17N3O4. The summed E-state index contributed by atoms with van der Waals surface area (Å²) < 4.78 is 5.45. The summed E-state index contributed by atoms with van der Waals surface area (Å²) in [7, 11) is 0. The maximum Gasteiger partial charge on any atom is 0.271 e. The van der Waals surface area contributed by atoms with Crippen molar-refractivity contribution in [2.75, 3.05) is 30.4 Å². The molecule has 0 radical (unpaired) electrons. The molecule has 0 spiro atoms. The zero-order valence-electron chi connectivity index (χ0n) is 10.7. The molecule has 0 aromatic heterocycles. The van der Waals surface area contributed by atoms with Crippen LogP contribution in [0, 0.1) is 10.1 Å². The summed E-state index contributed by atoms with van der Waals surface area (Å²) in [5, 5.41) is 19.8. The molecule has 0 saturated carbocycles. The number of aliphatic hydroxyl groups excluding tert-OH is 1. The zero-order chi connectivity index (χ0) is 14.0. The van der Waals surface area contributed by atoms with E-state index in [1.807, 2.05) is 11.8 Å². The number of nitro benzene ring substituents is 1. The second kappa shape index (κ2) is 5.41. The van der Waals surface area contributed by atoms with Gasteiger partial charge in [-0.2, -0.15) is 0 Å². The highest BCUT2D eigenvalue weighted by Crippen LogP contribution is 2.30. The molecule has 1 aliphatic rings. The maximum absolute atomic E-state index is 10.7. The first-order chi connectivity index (χ1) is 9.02. The molecule has 1 aliphatic heterocycles. The molecule has 1 aromatic rings. The Morgan fingerprint density at radius 3 is 2.95 bits per heavy atom. The maximum atomic E-state index is 10.7. The third kappa shape index (κ3) is 2.77. The summed E-state index contributed by atoms with van der Waals surface area (Å²) in [4.78, 5) is 12.2. The van der Waals surface area contributed by atoms with Gasteiger partial charge in [0.05, 0.1) is 35.6 Å². The first-order valence-electron chi connectivity index (χ1n) is 6.06. The molecule has 2 atom stereocenters. The summed E-state index contributed by atoms with van der Waals surface area (Å²) in [6.07, 6.45) is -0.259. The average molecular weight is 267 g/mol. The zero-order valence-corrected chi connectivity index (χ0v) is 10.7. The van der Waals surface area contributed by atoms with E-state index in [1.54, 1.807) is 6.07 Å². The lowest BCUT2D eigenvalue weighted by molar-refractivity contribution is -0.384. The van der Waals surface area contributed by atoms with Gasteiger partial charge < -0.3 is 20.5 Å². The van der Waals surface area contributed by atoms with E-state index in [0.29, 0.717) is 18.8 Å². The van der Waals surface area contributed by atoms with Crippen molar-refractivity contribution in [3.8, 4) is 0 Å². The Morgan fingerprint density at radius 1 is 1.63 bits per heavy atom. The van der Waals surface area contributed by atoms with Crippen molar-refractivity contribution in [3.63, 3.8) is 0 Å². The average Bonchev–Trinajstić information content (AvgIpc) is 2.39. The van der Waals surface area contributed by atoms with Gasteiger partial charge in [0.25, 0.3) is 5.69 Å². The number of hydrogen-bond donors (Lipinski definition) is 2. The standard InChI is InChI=1S/C12H17N3O4/c1-8-7-19-10(6-16)5-14(8)12-3-2-9(15(17)18)4-11(12)13/h2-4,8,10,16H,5-7,13H2,1H3. The highest BCUT2D eigenvalue weighted by atomic mass is 16.6. The molecule has 19 heavy (non-hydrogen) atoms. The van der Waals surface area contributed by atoms with Crippen molar-refractivity contribution in [2.45, 2.75) is 19.1 Å². The number of nitrogens with two attached hydrogens (primary N) is 1. The minimum Gasteiger partial charge on any atom is -0.397 e. The predicted molar refractivity (Wildman–Crippen MR) is 71.1 cm³/mol. The van der Waals surface area contributed by atoms with Crippen LogP contribution in [0.5, 0.6) is 0 Å². The van der Waals surface area contributed by atoms with E-state index in [9.17, 15) is 10.1 Å². The molecule has 0 amide bonds. The second-order valence-corrected chi connectivity index (χ2v) is 4.64. The third-order valence-corrected chi connectivity index (χ3v) is 3.24. The van der Waals surface area contributed by atoms with Crippen LogP contribution in [-0.4, -0.2) is 41.9 Å². The second-order valence-electron chi connectivity index (χ2n) is 4.64. The number of hydrogen-bond acceptors (Lipinski definition) is 6. The van der Waals surface area contributed by atoms with Gasteiger partial charge in [-0.3, -0.25) is 10.1 Å². The van der Waals surface area contributed by atoms with E-state index < -0.39 is 4.92 Å². The Bertz CT molecular complexity index is 480. The third-order valence-electron chi connectivity index (χ3n) is 3.24. The normalized spacial score (nSPS) is 23.4. The summed E-state index contributed by atoms with van der Waals surface area (Å²) in [5.41, 5.74) is 6.96. The predicted octanol–water partition coefficient (Wildman–Crippen LogP) is 0.763.